The van der Waals surface area contributed by atoms with E-state index in [1.165, 1.54) is 6.42 Å². The van der Waals surface area contributed by atoms with Crippen LogP contribution in [0.4, 0.5) is 0 Å². The van der Waals surface area contributed by atoms with Gasteiger partial charge in [-0.1, -0.05) is 20.8 Å². The van der Waals surface area contributed by atoms with Crippen LogP contribution in [0.5, 0.6) is 0 Å². The van der Waals surface area contributed by atoms with Gasteiger partial charge in [0.05, 0.1) is 19.3 Å². The molecule has 3 saturated heterocycles. The molecule has 0 aromatic heterocycles. The molecule has 0 aromatic carbocycles. The maximum atomic E-state index is 12.8. The molecule has 3 fully saturated rings. The van der Waals surface area contributed by atoms with Crippen molar-refractivity contribution in [1.82, 2.24) is 15.1 Å². The van der Waals surface area contributed by atoms with Crippen molar-refractivity contribution >= 4 is 35.8 Å². The van der Waals surface area contributed by atoms with Gasteiger partial charge in [-0.15, -0.1) is 24.0 Å². The third-order valence-electron chi connectivity index (χ3n) is 6.50. The molecule has 0 saturated carbocycles. The molecule has 0 aromatic rings. The first-order valence-corrected chi connectivity index (χ1v) is 11.3. The van der Waals surface area contributed by atoms with Crippen LogP contribution in [0.1, 0.15) is 46.5 Å². The lowest BCUT2D eigenvalue weighted by atomic mass is 9.78. The second-order valence-corrected chi connectivity index (χ2v) is 9.69. The van der Waals surface area contributed by atoms with E-state index in [4.69, 9.17) is 9.47 Å². The normalized spacial score (nSPS) is 26.9. The number of nitrogens with zero attached hydrogens (tertiary/aromatic N) is 3. The van der Waals surface area contributed by atoms with E-state index in [1.807, 2.05) is 11.9 Å². The molecule has 0 spiro atoms. The third kappa shape index (κ3) is 6.69. The summed E-state index contributed by atoms with van der Waals surface area (Å²) in [5.74, 6) is 1.91. The minimum Gasteiger partial charge on any atom is -0.378 e. The Morgan fingerprint density at radius 1 is 1.03 bits per heavy atom. The minimum atomic E-state index is 0. The zero-order valence-electron chi connectivity index (χ0n) is 19.2. The summed E-state index contributed by atoms with van der Waals surface area (Å²) < 4.78 is 11.5. The molecular formula is C22H41IN4O3. The van der Waals surface area contributed by atoms with Crippen molar-refractivity contribution < 1.29 is 14.3 Å². The molecule has 3 heterocycles. The Morgan fingerprint density at radius 2 is 1.70 bits per heavy atom. The number of guanidine groups is 1. The zero-order valence-corrected chi connectivity index (χ0v) is 21.5. The molecule has 1 amide bonds. The average Bonchev–Trinajstić information content (AvgIpc) is 2.74. The number of carbonyl (C=O) groups excluding carboxylic acids is 1. The first-order valence-electron chi connectivity index (χ1n) is 11.3. The molecule has 1 N–H and O–H groups in total. The fourth-order valence-corrected chi connectivity index (χ4v) is 4.94. The number of rotatable bonds is 3. The van der Waals surface area contributed by atoms with Gasteiger partial charge in [0.2, 0.25) is 5.91 Å². The second kappa shape index (κ2) is 11.9. The summed E-state index contributed by atoms with van der Waals surface area (Å²) >= 11 is 0. The van der Waals surface area contributed by atoms with Gasteiger partial charge in [-0.2, -0.15) is 0 Å². The van der Waals surface area contributed by atoms with Gasteiger partial charge in [-0.25, -0.2) is 0 Å². The van der Waals surface area contributed by atoms with Crippen LogP contribution in [0.3, 0.4) is 0 Å². The highest BCUT2D eigenvalue weighted by atomic mass is 127. The van der Waals surface area contributed by atoms with Crippen molar-refractivity contribution in [3.05, 3.63) is 0 Å². The molecular weight excluding hydrogens is 495 g/mol. The van der Waals surface area contributed by atoms with E-state index >= 15 is 0 Å². The van der Waals surface area contributed by atoms with Crippen LogP contribution in [0.25, 0.3) is 0 Å². The highest BCUT2D eigenvalue weighted by Gasteiger charge is 2.36. The SMILES string of the molecule is CN=C(NCC1CCCOC1C(C)(C)C)N1CCC(C(=O)N2CCOCC2)CC1.I. The first-order chi connectivity index (χ1) is 13.9. The highest BCUT2D eigenvalue weighted by molar-refractivity contribution is 14.0. The summed E-state index contributed by atoms with van der Waals surface area (Å²) in [5.41, 5.74) is 0.147. The predicted octanol–water partition coefficient (Wildman–Crippen LogP) is 2.59. The number of amides is 1. The van der Waals surface area contributed by atoms with Crippen molar-refractivity contribution in [1.29, 1.82) is 0 Å². The number of halogens is 1. The van der Waals surface area contributed by atoms with Gasteiger partial charge in [0, 0.05) is 58.2 Å². The molecule has 0 bridgehead atoms. The lowest BCUT2D eigenvalue weighted by molar-refractivity contribution is -0.140. The quantitative estimate of drug-likeness (QED) is 0.342. The standard InChI is InChI=1S/C22H40N4O3.HI/c1-22(2,3)19-18(6-5-13-29-19)16-24-21(23-4)26-9-7-17(8-10-26)20(27)25-11-14-28-15-12-25;/h17-19H,5-16H2,1-4H3,(H,23,24);1H. The molecule has 30 heavy (non-hydrogen) atoms. The second-order valence-electron chi connectivity index (χ2n) is 9.69. The van der Waals surface area contributed by atoms with Crippen LogP contribution < -0.4 is 5.32 Å². The van der Waals surface area contributed by atoms with E-state index in [-0.39, 0.29) is 41.4 Å². The number of hydrogen-bond donors (Lipinski definition) is 1. The summed E-state index contributed by atoms with van der Waals surface area (Å²) in [7, 11) is 1.85. The van der Waals surface area contributed by atoms with Crippen molar-refractivity contribution in [2.45, 2.75) is 52.6 Å². The van der Waals surface area contributed by atoms with Gasteiger partial charge < -0.3 is 24.6 Å². The van der Waals surface area contributed by atoms with Gasteiger partial charge in [0.25, 0.3) is 0 Å². The van der Waals surface area contributed by atoms with Crippen LogP contribution in [-0.2, 0) is 14.3 Å². The van der Waals surface area contributed by atoms with Crippen LogP contribution in [0, 0.1) is 17.3 Å². The molecule has 0 radical (unpaired) electrons. The maximum Gasteiger partial charge on any atom is 0.225 e. The van der Waals surface area contributed by atoms with E-state index in [9.17, 15) is 4.79 Å². The highest BCUT2D eigenvalue weighted by Crippen LogP contribution is 2.33. The lowest BCUT2D eigenvalue weighted by Crippen LogP contribution is -2.52. The molecule has 0 aliphatic carbocycles. The molecule has 174 valence electrons. The fraction of sp³-hybridized carbons (Fsp3) is 0.909. The number of piperidine rings is 1. The third-order valence-corrected chi connectivity index (χ3v) is 6.50. The average molecular weight is 536 g/mol. The summed E-state index contributed by atoms with van der Waals surface area (Å²) in [6.45, 7) is 13.1. The molecule has 2 unspecified atom stereocenters. The van der Waals surface area contributed by atoms with E-state index in [1.54, 1.807) is 0 Å². The number of morpholine rings is 1. The van der Waals surface area contributed by atoms with Gasteiger partial charge >= 0.3 is 0 Å². The summed E-state index contributed by atoms with van der Waals surface area (Å²) in [4.78, 5) is 21.6. The van der Waals surface area contributed by atoms with E-state index in [2.05, 4.69) is 36.0 Å². The lowest BCUT2D eigenvalue weighted by Gasteiger charge is -2.41. The Kier molecular flexibility index (Phi) is 10.1. The number of likely N-dealkylation sites (tertiary alicyclic amines) is 1. The Morgan fingerprint density at radius 3 is 2.30 bits per heavy atom. The molecule has 2 atom stereocenters. The monoisotopic (exact) mass is 536 g/mol. The molecule has 7 nitrogen and oxygen atoms in total. The number of hydrogen-bond acceptors (Lipinski definition) is 4. The van der Waals surface area contributed by atoms with Crippen LogP contribution in [-0.4, -0.2) is 87.4 Å². The van der Waals surface area contributed by atoms with Gasteiger partial charge in [-0.05, 0) is 31.1 Å². The maximum absolute atomic E-state index is 12.8. The molecule has 3 aliphatic heterocycles. The zero-order chi connectivity index (χ0) is 20.9. The van der Waals surface area contributed by atoms with Gasteiger partial charge in [0.15, 0.2) is 5.96 Å². The number of nitrogens with one attached hydrogen (secondary N) is 1. The van der Waals surface area contributed by atoms with E-state index < -0.39 is 0 Å². The fourth-order valence-electron chi connectivity index (χ4n) is 4.94. The van der Waals surface area contributed by atoms with Gasteiger partial charge in [-0.3, -0.25) is 9.79 Å². The molecule has 8 heteroatoms. The van der Waals surface area contributed by atoms with Crippen molar-refractivity contribution in [2.75, 3.05) is 59.6 Å². The van der Waals surface area contributed by atoms with E-state index in [0.717, 1.165) is 64.6 Å². The Bertz CT molecular complexity index is 567. The van der Waals surface area contributed by atoms with Crippen LogP contribution >= 0.6 is 24.0 Å². The Labute approximate surface area is 199 Å². The van der Waals surface area contributed by atoms with Crippen molar-refractivity contribution in [3.8, 4) is 0 Å². The number of aliphatic imine (C=N–C) groups is 1. The predicted molar refractivity (Wildman–Crippen MR) is 130 cm³/mol. The minimum absolute atomic E-state index is 0. The van der Waals surface area contributed by atoms with E-state index in [0.29, 0.717) is 25.0 Å². The van der Waals surface area contributed by atoms with Gasteiger partial charge in [0.1, 0.15) is 0 Å². The number of carbonyl (C=O) groups is 1. The summed E-state index contributed by atoms with van der Waals surface area (Å²) in [6, 6.07) is 0. The molecule has 3 aliphatic rings. The van der Waals surface area contributed by atoms with Crippen molar-refractivity contribution in [2.24, 2.45) is 22.2 Å². The Hall–Kier alpha value is -0.610. The molecule has 3 rings (SSSR count). The van der Waals surface area contributed by atoms with Crippen molar-refractivity contribution in [3.63, 3.8) is 0 Å². The summed E-state index contributed by atoms with van der Waals surface area (Å²) in [6.07, 6.45) is 4.40. The smallest absolute Gasteiger partial charge is 0.225 e. The largest absolute Gasteiger partial charge is 0.378 e. The summed E-state index contributed by atoms with van der Waals surface area (Å²) in [5, 5.41) is 3.60. The topological polar surface area (TPSA) is 66.4 Å². The first kappa shape index (κ1) is 25.6. The number of ether oxygens (including phenoxy) is 2. The van der Waals surface area contributed by atoms with Crippen LogP contribution in [0.15, 0.2) is 4.99 Å². The van der Waals surface area contributed by atoms with Crippen LogP contribution in [0.2, 0.25) is 0 Å². The Balaban J connectivity index is 0.00000320.